The molecule has 0 N–H and O–H groups in total. The van der Waals surface area contributed by atoms with Gasteiger partial charge in [0.1, 0.15) is 23.0 Å². The molecule has 0 saturated heterocycles. The van der Waals surface area contributed by atoms with Crippen LogP contribution in [0.4, 0.5) is 0 Å². The van der Waals surface area contributed by atoms with Crippen molar-refractivity contribution in [3.8, 4) is 11.5 Å². The van der Waals surface area contributed by atoms with Crippen molar-refractivity contribution < 1.29 is 23.8 Å². The molecule has 0 aliphatic carbocycles. The molecule has 5 heteroatoms. The van der Waals surface area contributed by atoms with Crippen molar-refractivity contribution >= 4 is 11.8 Å². The van der Waals surface area contributed by atoms with Gasteiger partial charge in [-0.05, 0) is 25.0 Å². The van der Waals surface area contributed by atoms with Crippen molar-refractivity contribution in [3.63, 3.8) is 0 Å². The summed E-state index contributed by atoms with van der Waals surface area (Å²) in [6, 6.07) is 5.16. The van der Waals surface area contributed by atoms with Crippen molar-refractivity contribution in [1.29, 1.82) is 0 Å². The first kappa shape index (κ1) is 24.0. The van der Waals surface area contributed by atoms with Crippen molar-refractivity contribution in [1.82, 2.24) is 0 Å². The lowest BCUT2D eigenvalue weighted by molar-refractivity contribution is -0.147. The highest BCUT2D eigenvalue weighted by Crippen LogP contribution is 2.32. The summed E-state index contributed by atoms with van der Waals surface area (Å²) in [5.41, 5.74) is 0.310. The van der Waals surface area contributed by atoms with Gasteiger partial charge in [-0.25, -0.2) is 0 Å². The molecule has 0 saturated carbocycles. The van der Waals surface area contributed by atoms with Crippen LogP contribution in [0.1, 0.15) is 82.0 Å². The summed E-state index contributed by atoms with van der Waals surface area (Å²) in [5.74, 6) is -0.745. The van der Waals surface area contributed by atoms with E-state index in [1.807, 2.05) is 6.92 Å². The van der Waals surface area contributed by atoms with Gasteiger partial charge in [0, 0.05) is 0 Å². The summed E-state index contributed by atoms with van der Waals surface area (Å²) in [5, 5.41) is 0. The molecule has 1 aromatic rings. The molecule has 1 aromatic carbocycles. The fraction of sp³-hybridized carbons (Fsp3) is 0.652. The fourth-order valence-corrected chi connectivity index (χ4v) is 3.19. The molecule has 0 radical (unpaired) electrons. The van der Waals surface area contributed by atoms with Gasteiger partial charge in [0.15, 0.2) is 5.78 Å². The molecule has 28 heavy (non-hydrogen) atoms. The predicted octanol–water partition coefficient (Wildman–Crippen LogP) is 5.60. The van der Waals surface area contributed by atoms with E-state index in [4.69, 9.17) is 14.2 Å². The van der Waals surface area contributed by atoms with Gasteiger partial charge in [0.05, 0.1) is 20.8 Å². The van der Waals surface area contributed by atoms with E-state index in [1.54, 1.807) is 18.2 Å². The Hall–Kier alpha value is -2.04. The first-order valence-electron chi connectivity index (χ1n) is 10.5. The molecule has 0 aliphatic heterocycles. The van der Waals surface area contributed by atoms with Crippen LogP contribution >= 0.6 is 0 Å². The number of rotatable bonds is 15. The number of carbonyl (C=O) groups excluding carboxylic acids is 2. The van der Waals surface area contributed by atoms with E-state index in [2.05, 4.69) is 6.92 Å². The molecule has 0 aromatic heterocycles. The number of methoxy groups -OCH3 is 2. The minimum Gasteiger partial charge on any atom is -0.496 e. The lowest BCUT2D eigenvalue weighted by Gasteiger charge is -2.18. The number of ether oxygens (including phenoxy) is 3. The number of carbonyl (C=O) groups is 2. The maximum absolute atomic E-state index is 13.2. The number of unbranched alkanes of at least 4 members (excludes halogenated alkanes) is 6. The van der Waals surface area contributed by atoms with Crippen LogP contribution in [-0.2, 0) is 9.53 Å². The van der Waals surface area contributed by atoms with Crippen LogP contribution in [0.5, 0.6) is 11.5 Å². The highest BCUT2D eigenvalue weighted by atomic mass is 16.5. The quantitative estimate of drug-likeness (QED) is 0.168. The van der Waals surface area contributed by atoms with E-state index in [0.717, 1.165) is 32.1 Å². The SMILES string of the molecule is CCCCCCCCOC(=O)C(CCCC)C(=O)c1c(OC)cccc1OC. The van der Waals surface area contributed by atoms with Crippen LogP contribution in [0.3, 0.4) is 0 Å². The summed E-state index contributed by atoms with van der Waals surface area (Å²) in [4.78, 5) is 25.9. The second kappa shape index (κ2) is 14.0. The second-order valence-corrected chi connectivity index (χ2v) is 7.03. The monoisotopic (exact) mass is 392 g/mol. The molecule has 0 fully saturated rings. The van der Waals surface area contributed by atoms with Crippen LogP contribution in [0.25, 0.3) is 0 Å². The number of Topliss-reactive ketones (excluding diaryl/α,β-unsaturated/α-hetero) is 1. The predicted molar refractivity (Wildman–Crippen MR) is 111 cm³/mol. The Morgan fingerprint density at radius 2 is 1.43 bits per heavy atom. The first-order valence-corrected chi connectivity index (χ1v) is 10.5. The van der Waals surface area contributed by atoms with Gasteiger partial charge in [0.2, 0.25) is 0 Å². The maximum atomic E-state index is 13.2. The van der Waals surface area contributed by atoms with Crippen LogP contribution in [0.15, 0.2) is 18.2 Å². The van der Waals surface area contributed by atoms with Crippen LogP contribution in [0, 0.1) is 5.92 Å². The largest absolute Gasteiger partial charge is 0.496 e. The van der Waals surface area contributed by atoms with E-state index in [1.165, 1.54) is 33.5 Å². The number of hydrogen-bond donors (Lipinski definition) is 0. The Morgan fingerprint density at radius 3 is 2.00 bits per heavy atom. The van der Waals surface area contributed by atoms with Gasteiger partial charge in [-0.1, -0.05) is 64.9 Å². The zero-order valence-electron chi connectivity index (χ0n) is 17.9. The maximum Gasteiger partial charge on any atom is 0.316 e. The Balaban J connectivity index is 2.79. The minimum atomic E-state index is -0.828. The number of esters is 1. The number of ketones is 1. The first-order chi connectivity index (χ1) is 13.6. The molecule has 0 spiro atoms. The zero-order valence-corrected chi connectivity index (χ0v) is 17.9. The molecular formula is C23H36O5. The van der Waals surface area contributed by atoms with E-state index in [-0.39, 0.29) is 5.78 Å². The third kappa shape index (κ3) is 7.53. The van der Waals surface area contributed by atoms with E-state index in [9.17, 15) is 9.59 Å². The minimum absolute atomic E-state index is 0.296. The van der Waals surface area contributed by atoms with E-state index >= 15 is 0 Å². The summed E-state index contributed by atoms with van der Waals surface area (Å²) in [6.45, 7) is 4.59. The smallest absolute Gasteiger partial charge is 0.316 e. The molecule has 0 aliphatic rings. The normalized spacial score (nSPS) is 11.7. The topological polar surface area (TPSA) is 61.8 Å². The van der Waals surface area contributed by atoms with Gasteiger partial charge in [-0.15, -0.1) is 0 Å². The average Bonchev–Trinajstić information content (AvgIpc) is 2.72. The second-order valence-electron chi connectivity index (χ2n) is 7.03. The van der Waals surface area contributed by atoms with Crippen molar-refractivity contribution in [2.75, 3.05) is 20.8 Å². The molecule has 158 valence electrons. The molecule has 1 rings (SSSR count). The van der Waals surface area contributed by atoms with Gasteiger partial charge in [-0.3, -0.25) is 9.59 Å². The van der Waals surface area contributed by atoms with Crippen molar-refractivity contribution in [3.05, 3.63) is 23.8 Å². The molecular weight excluding hydrogens is 356 g/mol. The van der Waals surface area contributed by atoms with Gasteiger partial charge in [-0.2, -0.15) is 0 Å². The Labute approximate surface area is 169 Å². The molecule has 0 amide bonds. The number of hydrogen-bond acceptors (Lipinski definition) is 5. The molecule has 5 nitrogen and oxygen atoms in total. The molecule has 0 heterocycles. The zero-order chi connectivity index (χ0) is 20.8. The Bertz CT molecular complexity index is 574. The highest BCUT2D eigenvalue weighted by molar-refractivity contribution is 6.11. The Kier molecular flexibility index (Phi) is 12.0. The molecule has 1 atom stereocenters. The third-order valence-corrected chi connectivity index (χ3v) is 4.86. The van der Waals surface area contributed by atoms with Gasteiger partial charge in [0.25, 0.3) is 0 Å². The van der Waals surface area contributed by atoms with Crippen LogP contribution in [-0.4, -0.2) is 32.6 Å². The molecule has 0 bridgehead atoms. The summed E-state index contributed by atoms with van der Waals surface area (Å²) < 4.78 is 16.1. The van der Waals surface area contributed by atoms with Crippen LogP contribution in [0.2, 0.25) is 0 Å². The number of benzene rings is 1. The van der Waals surface area contributed by atoms with E-state index < -0.39 is 11.9 Å². The third-order valence-electron chi connectivity index (χ3n) is 4.86. The summed E-state index contributed by atoms with van der Waals surface area (Å²) in [6.07, 6.45) is 8.85. The van der Waals surface area contributed by atoms with Crippen LogP contribution < -0.4 is 9.47 Å². The van der Waals surface area contributed by atoms with Crippen molar-refractivity contribution in [2.24, 2.45) is 5.92 Å². The van der Waals surface area contributed by atoms with Gasteiger partial charge < -0.3 is 14.2 Å². The Morgan fingerprint density at radius 1 is 0.857 bits per heavy atom. The van der Waals surface area contributed by atoms with E-state index in [0.29, 0.717) is 30.1 Å². The summed E-state index contributed by atoms with van der Waals surface area (Å²) in [7, 11) is 3.01. The highest BCUT2D eigenvalue weighted by Gasteiger charge is 2.32. The standard InChI is InChI=1S/C23H36O5/c1-5-7-9-10-11-12-17-28-23(25)18(14-8-6-2)22(24)21-19(26-3)15-13-16-20(21)27-4/h13,15-16,18H,5-12,14,17H2,1-4H3. The van der Waals surface area contributed by atoms with Crippen molar-refractivity contribution in [2.45, 2.75) is 71.6 Å². The average molecular weight is 393 g/mol. The summed E-state index contributed by atoms with van der Waals surface area (Å²) >= 11 is 0. The lowest BCUT2D eigenvalue weighted by Crippen LogP contribution is -2.27. The fourth-order valence-electron chi connectivity index (χ4n) is 3.19. The molecule has 1 unspecified atom stereocenters. The lowest BCUT2D eigenvalue weighted by atomic mass is 9.91. The van der Waals surface area contributed by atoms with Gasteiger partial charge >= 0.3 is 5.97 Å².